The van der Waals surface area contributed by atoms with Crippen LogP contribution in [0.4, 0.5) is 0 Å². The lowest BCUT2D eigenvalue weighted by Crippen LogP contribution is -2.18. The van der Waals surface area contributed by atoms with E-state index in [9.17, 15) is 4.79 Å². The first kappa shape index (κ1) is 20.3. The van der Waals surface area contributed by atoms with Gasteiger partial charge >= 0.3 is 0 Å². The Morgan fingerprint density at radius 1 is 1.10 bits per heavy atom. The molecule has 0 atom stereocenters. The predicted octanol–water partition coefficient (Wildman–Crippen LogP) is 4.72. The molecular weight excluding hydrogens is 388 g/mol. The van der Waals surface area contributed by atoms with Crippen LogP contribution >= 0.6 is 0 Å². The number of methoxy groups -OCH3 is 1. The summed E-state index contributed by atoms with van der Waals surface area (Å²) in [6.07, 6.45) is 3.46. The molecule has 4 rings (SSSR count). The highest BCUT2D eigenvalue weighted by molar-refractivity contribution is 5.97. The molecule has 0 aliphatic carbocycles. The lowest BCUT2D eigenvalue weighted by atomic mass is 10.1. The second-order valence-corrected chi connectivity index (χ2v) is 7.45. The van der Waals surface area contributed by atoms with Crippen LogP contribution in [0.25, 0.3) is 16.6 Å². The Morgan fingerprint density at radius 3 is 2.74 bits per heavy atom. The number of hydrazone groups is 1. The van der Waals surface area contributed by atoms with Crippen LogP contribution in [0.5, 0.6) is 5.75 Å². The van der Waals surface area contributed by atoms with Gasteiger partial charge in [-0.05, 0) is 68.8 Å². The Hall–Kier alpha value is -3.93. The minimum Gasteiger partial charge on any atom is -0.496 e. The molecule has 0 unspecified atom stereocenters. The molecule has 2 heterocycles. The van der Waals surface area contributed by atoms with Crippen molar-refractivity contribution < 1.29 is 9.53 Å². The highest BCUT2D eigenvalue weighted by Crippen LogP contribution is 2.23. The van der Waals surface area contributed by atoms with E-state index in [1.165, 1.54) is 0 Å². The zero-order valence-electron chi connectivity index (χ0n) is 18.0. The van der Waals surface area contributed by atoms with Crippen molar-refractivity contribution in [1.82, 2.24) is 15.0 Å². The summed E-state index contributed by atoms with van der Waals surface area (Å²) < 4.78 is 7.47. The van der Waals surface area contributed by atoms with E-state index in [-0.39, 0.29) is 5.91 Å². The molecule has 4 aromatic rings. The van der Waals surface area contributed by atoms with Gasteiger partial charge in [-0.2, -0.15) is 5.10 Å². The van der Waals surface area contributed by atoms with E-state index in [4.69, 9.17) is 4.74 Å². The molecule has 2 aromatic heterocycles. The number of hydrogen-bond acceptors (Lipinski definition) is 4. The molecule has 0 aliphatic heterocycles. The van der Waals surface area contributed by atoms with Crippen molar-refractivity contribution in [2.24, 2.45) is 5.10 Å². The molecule has 1 amide bonds. The maximum Gasteiger partial charge on any atom is 0.275 e. The van der Waals surface area contributed by atoms with Crippen molar-refractivity contribution >= 4 is 23.0 Å². The SMILES string of the molecule is COc1cc(C)ccc1C(=O)N/N=C\c1cc(C)n(-c2ccc3ncccc3c2)c1C. The van der Waals surface area contributed by atoms with E-state index in [1.54, 1.807) is 25.6 Å². The molecule has 156 valence electrons. The summed E-state index contributed by atoms with van der Waals surface area (Å²) >= 11 is 0. The highest BCUT2D eigenvalue weighted by Gasteiger charge is 2.13. The highest BCUT2D eigenvalue weighted by atomic mass is 16.5. The van der Waals surface area contributed by atoms with Gasteiger partial charge in [0.05, 0.1) is 24.4 Å². The summed E-state index contributed by atoms with van der Waals surface area (Å²) in [5.41, 5.74) is 9.13. The van der Waals surface area contributed by atoms with Crippen molar-refractivity contribution in [2.75, 3.05) is 7.11 Å². The molecular formula is C25H24N4O2. The summed E-state index contributed by atoms with van der Waals surface area (Å²) in [7, 11) is 1.55. The number of rotatable bonds is 5. The lowest BCUT2D eigenvalue weighted by molar-refractivity contribution is 0.0952. The standard InChI is InChI=1S/C25H24N4O2/c1-16-7-9-22(24(12-16)31-4)25(30)28-27-15-20-13-17(2)29(18(20)3)21-8-10-23-19(14-21)6-5-11-26-23/h5-15H,1-4H3,(H,28,30)/b27-15-. The zero-order chi connectivity index (χ0) is 22.0. The van der Waals surface area contributed by atoms with Crippen molar-refractivity contribution in [3.63, 3.8) is 0 Å². The molecule has 0 saturated heterocycles. The number of aryl methyl sites for hydroxylation is 2. The molecule has 0 saturated carbocycles. The first-order valence-corrected chi connectivity index (χ1v) is 10.00. The Labute approximate surface area is 181 Å². The third kappa shape index (κ3) is 4.05. The third-order valence-electron chi connectivity index (χ3n) is 5.29. The fourth-order valence-corrected chi connectivity index (χ4v) is 3.72. The summed E-state index contributed by atoms with van der Waals surface area (Å²) in [5.74, 6) is 0.209. The summed E-state index contributed by atoms with van der Waals surface area (Å²) in [6, 6.07) is 17.7. The van der Waals surface area contributed by atoms with Crippen LogP contribution in [-0.2, 0) is 0 Å². The van der Waals surface area contributed by atoms with E-state index < -0.39 is 0 Å². The number of carbonyl (C=O) groups excluding carboxylic acids is 1. The van der Waals surface area contributed by atoms with Gasteiger partial charge in [0, 0.05) is 34.2 Å². The number of carbonyl (C=O) groups is 1. The number of fused-ring (bicyclic) bond motifs is 1. The monoisotopic (exact) mass is 412 g/mol. The van der Waals surface area contributed by atoms with E-state index in [2.05, 4.69) is 38.3 Å². The largest absolute Gasteiger partial charge is 0.496 e. The van der Waals surface area contributed by atoms with Crippen molar-refractivity contribution in [3.8, 4) is 11.4 Å². The molecule has 0 bridgehead atoms. The number of hydrogen-bond donors (Lipinski definition) is 1. The third-order valence-corrected chi connectivity index (χ3v) is 5.29. The first-order chi connectivity index (χ1) is 15.0. The van der Waals surface area contributed by atoms with E-state index in [0.29, 0.717) is 11.3 Å². The summed E-state index contributed by atoms with van der Waals surface area (Å²) in [6.45, 7) is 6.03. The Morgan fingerprint density at radius 2 is 1.94 bits per heavy atom. The fraction of sp³-hybridized carbons (Fsp3) is 0.160. The van der Waals surface area contributed by atoms with Gasteiger partial charge in [-0.1, -0.05) is 12.1 Å². The summed E-state index contributed by atoms with van der Waals surface area (Å²) in [5, 5.41) is 5.26. The molecule has 0 spiro atoms. The number of nitrogens with zero attached hydrogens (tertiary/aromatic N) is 3. The van der Waals surface area contributed by atoms with Crippen LogP contribution in [0, 0.1) is 20.8 Å². The second kappa shape index (κ2) is 8.44. The van der Waals surface area contributed by atoms with E-state index in [0.717, 1.165) is 39.1 Å². The Kier molecular flexibility index (Phi) is 5.54. The molecule has 0 aliphatic rings. The first-order valence-electron chi connectivity index (χ1n) is 10.00. The van der Waals surface area contributed by atoms with Gasteiger partial charge in [-0.25, -0.2) is 5.43 Å². The Balaban J connectivity index is 1.57. The van der Waals surface area contributed by atoms with Gasteiger partial charge in [0.2, 0.25) is 0 Å². The minimum absolute atomic E-state index is 0.316. The van der Waals surface area contributed by atoms with Crippen LogP contribution in [0.15, 0.2) is 65.9 Å². The molecule has 6 heteroatoms. The number of amides is 1. The van der Waals surface area contributed by atoms with Gasteiger partial charge in [-0.3, -0.25) is 9.78 Å². The maximum atomic E-state index is 12.5. The lowest BCUT2D eigenvalue weighted by Gasteiger charge is -2.10. The van der Waals surface area contributed by atoms with Crippen molar-refractivity contribution in [3.05, 3.63) is 88.9 Å². The van der Waals surface area contributed by atoms with E-state index in [1.807, 2.05) is 51.1 Å². The van der Waals surface area contributed by atoms with E-state index >= 15 is 0 Å². The van der Waals surface area contributed by atoms with Crippen molar-refractivity contribution in [1.29, 1.82) is 0 Å². The average molecular weight is 412 g/mol. The molecule has 31 heavy (non-hydrogen) atoms. The van der Waals surface area contributed by atoms with Gasteiger partial charge in [0.25, 0.3) is 5.91 Å². The van der Waals surface area contributed by atoms with Gasteiger partial charge < -0.3 is 9.30 Å². The molecule has 0 fully saturated rings. The van der Waals surface area contributed by atoms with Crippen LogP contribution in [0.3, 0.4) is 0 Å². The minimum atomic E-state index is -0.316. The summed E-state index contributed by atoms with van der Waals surface area (Å²) in [4.78, 5) is 16.9. The van der Waals surface area contributed by atoms with Gasteiger partial charge in [0.15, 0.2) is 0 Å². The maximum absolute atomic E-state index is 12.5. The quantitative estimate of drug-likeness (QED) is 0.381. The second-order valence-electron chi connectivity index (χ2n) is 7.45. The fourth-order valence-electron chi connectivity index (χ4n) is 3.72. The number of nitrogens with one attached hydrogen (secondary N) is 1. The van der Waals surface area contributed by atoms with Gasteiger partial charge in [-0.15, -0.1) is 0 Å². The van der Waals surface area contributed by atoms with Crippen LogP contribution in [-0.4, -0.2) is 28.8 Å². The zero-order valence-corrected chi connectivity index (χ0v) is 18.0. The van der Waals surface area contributed by atoms with Crippen LogP contribution < -0.4 is 10.2 Å². The normalized spacial score (nSPS) is 11.2. The average Bonchev–Trinajstić information content (AvgIpc) is 3.06. The Bertz CT molecular complexity index is 1300. The predicted molar refractivity (Wildman–Crippen MR) is 123 cm³/mol. The molecule has 0 radical (unpaired) electrons. The number of ether oxygens (including phenoxy) is 1. The molecule has 6 nitrogen and oxygen atoms in total. The van der Waals surface area contributed by atoms with Crippen LogP contribution in [0.2, 0.25) is 0 Å². The number of benzene rings is 2. The molecule has 2 aromatic carbocycles. The molecule has 1 N–H and O–H groups in total. The number of pyridine rings is 1. The van der Waals surface area contributed by atoms with Crippen molar-refractivity contribution in [2.45, 2.75) is 20.8 Å². The number of aromatic nitrogens is 2. The van der Waals surface area contributed by atoms with Crippen LogP contribution in [0.1, 0.15) is 32.9 Å². The topological polar surface area (TPSA) is 68.5 Å². The smallest absolute Gasteiger partial charge is 0.275 e. The van der Waals surface area contributed by atoms with Gasteiger partial charge in [0.1, 0.15) is 5.75 Å².